The van der Waals surface area contributed by atoms with Crippen molar-refractivity contribution in [3.05, 3.63) is 47.2 Å². The number of esters is 1. The maximum Gasteiger partial charge on any atom is 0.315 e. The molecule has 4 nitrogen and oxygen atoms in total. The van der Waals surface area contributed by atoms with Crippen LogP contribution in [0.2, 0.25) is 0 Å². The zero-order chi connectivity index (χ0) is 16.7. The summed E-state index contributed by atoms with van der Waals surface area (Å²) >= 11 is 0. The van der Waals surface area contributed by atoms with E-state index in [-0.39, 0.29) is 17.8 Å². The van der Waals surface area contributed by atoms with Crippen molar-refractivity contribution in [2.24, 2.45) is 5.92 Å². The third-order valence-electron chi connectivity index (χ3n) is 5.85. The molecule has 0 aliphatic carbocycles. The molecule has 2 aromatic rings. The monoisotopic (exact) mass is 325 g/mol. The van der Waals surface area contributed by atoms with Crippen molar-refractivity contribution >= 4 is 16.9 Å². The van der Waals surface area contributed by atoms with Gasteiger partial charge in [-0.05, 0) is 24.1 Å². The van der Waals surface area contributed by atoms with E-state index in [1.54, 1.807) is 4.90 Å². The van der Waals surface area contributed by atoms with E-state index in [1.807, 2.05) is 6.07 Å². The number of aromatic amines is 1. The molecular weight excluding hydrogens is 300 g/mol. The molecule has 1 unspecified atom stereocenters. The maximum absolute atomic E-state index is 12.8. The third-order valence-corrected chi connectivity index (χ3v) is 5.85. The van der Waals surface area contributed by atoms with Crippen molar-refractivity contribution in [1.29, 1.82) is 0 Å². The number of H-pyrrole nitrogens is 1. The van der Waals surface area contributed by atoms with E-state index in [9.17, 15) is 4.79 Å². The molecule has 1 fully saturated rings. The Balaban J connectivity index is 1.94. The lowest BCUT2D eigenvalue weighted by Crippen LogP contribution is -3.13. The molecule has 4 heterocycles. The normalized spacial score (nSPS) is 28.2. The van der Waals surface area contributed by atoms with Crippen LogP contribution in [0.25, 0.3) is 10.9 Å². The molecule has 2 N–H and O–H groups in total. The fraction of sp³-hybridized carbons (Fsp3) is 0.450. The van der Waals surface area contributed by atoms with Crippen LogP contribution < -0.4 is 4.90 Å². The first kappa shape index (κ1) is 15.5. The number of quaternary nitrogens is 1. The van der Waals surface area contributed by atoms with Crippen molar-refractivity contribution in [1.82, 2.24) is 4.98 Å². The smallest absolute Gasteiger partial charge is 0.315 e. The van der Waals surface area contributed by atoms with Crippen LogP contribution in [0.3, 0.4) is 0 Å². The van der Waals surface area contributed by atoms with Gasteiger partial charge in [-0.2, -0.15) is 0 Å². The Bertz CT molecular complexity index is 805. The Morgan fingerprint density at radius 3 is 2.96 bits per heavy atom. The number of fused-ring (bicyclic) bond motifs is 4. The summed E-state index contributed by atoms with van der Waals surface area (Å²) in [5.41, 5.74) is 4.91. The second-order valence-corrected chi connectivity index (χ2v) is 7.00. The van der Waals surface area contributed by atoms with E-state index in [2.05, 4.69) is 36.2 Å². The second kappa shape index (κ2) is 6.10. The molecule has 0 spiro atoms. The first-order valence-electron chi connectivity index (χ1n) is 8.89. The molecule has 3 aliphatic rings. The first-order chi connectivity index (χ1) is 11.7. The summed E-state index contributed by atoms with van der Waals surface area (Å²) in [6.07, 6.45) is 4.27. The Morgan fingerprint density at radius 1 is 1.33 bits per heavy atom. The van der Waals surface area contributed by atoms with Gasteiger partial charge in [0.15, 0.2) is 0 Å². The fourth-order valence-corrected chi connectivity index (χ4v) is 4.63. The van der Waals surface area contributed by atoms with Gasteiger partial charge in [-0.25, -0.2) is 0 Å². The first-order valence-corrected chi connectivity index (χ1v) is 8.89. The standard InChI is InChI=1S/C20H24N2O2/c1-3-13-12-22-10-8-14(13)18(20(23)24-2)19-16(9-11-22)15-6-4-5-7-17(15)21-19/h3-7,14,18,21H,8-12H2,1-2H3/p+1/t14-,18+/m0/s1. The van der Waals surface area contributed by atoms with E-state index in [0.29, 0.717) is 0 Å². The van der Waals surface area contributed by atoms with Gasteiger partial charge in [-0.15, -0.1) is 0 Å². The zero-order valence-corrected chi connectivity index (χ0v) is 14.4. The zero-order valence-electron chi connectivity index (χ0n) is 14.4. The second-order valence-electron chi connectivity index (χ2n) is 7.00. The minimum absolute atomic E-state index is 0.113. The van der Waals surface area contributed by atoms with Gasteiger partial charge in [0.1, 0.15) is 5.92 Å². The van der Waals surface area contributed by atoms with Crippen LogP contribution in [0.1, 0.15) is 30.5 Å². The average molecular weight is 325 g/mol. The number of allylic oxidation sites excluding steroid dienone is 1. The average Bonchev–Trinajstić information content (AvgIpc) is 3.02. The topological polar surface area (TPSA) is 46.5 Å². The molecule has 0 amide bonds. The highest BCUT2D eigenvalue weighted by molar-refractivity contribution is 5.88. The summed E-state index contributed by atoms with van der Waals surface area (Å²) in [5, 5.41) is 1.25. The lowest BCUT2D eigenvalue weighted by atomic mass is 9.78. The maximum atomic E-state index is 12.8. The van der Waals surface area contributed by atoms with Crippen molar-refractivity contribution in [2.45, 2.75) is 25.7 Å². The molecule has 1 aromatic carbocycles. The number of benzene rings is 1. The summed E-state index contributed by atoms with van der Waals surface area (Å²) in [7, 11) is 1.51. The van der Waals surface area contributed by atoms with Crippen LogP contribution in [-0.4, -0.2) is 37.7 Å². The highest BCUT2D eigenvalue weighted by Gasteiger charge is 2.41. The molecule has 126 valence electrons. The predicted molar refractivity (Wildman–Crippen MR) is 94.2 cm³/mol. The summed E-state index contributed by atoms with van der Waals surface area (Å²) in [6.45, 7) is 5.41. The van der Waals surface area contributed by atoms with Gasteiger partial charge in [-0.1, -0.05) is 24.3 Å². The minimum Gasteiger partial charge on any atom is -0.468 e. The van der Waals surface area contributed by atoms with Crippen LogP contribution in [0.5, 0.6) is 0 Å². The number of para-hydroxylation sites is 1. The number of piperidine rings is 1. The van der Waals surface area contributed by atoms with E-state index in [0.717, 1.165) is 43.7 Å². The van der Waals surface area contributed by atoms with Crippen LogP contribution in [-0.2, 0) is 16.0 Å². The molecule has 4 heteroatoms. The molecule has 2 bridgehead atoms. The summed E-state index contributed by atoms with van der Waals surface area (Å²) < 4.78 is 5.23. The highest BCUT2D eigenvalue weighted by Crippen LogP contribution is 2.39. The summed E-state index contributed by atoms with van der Waals surface area (Å²) in [6, 6.07) is 8.39. The summed E-state index contributed by atoms with van der Waals surface area (Å²) in [5.74, 6) is -0.0862. The quantitative estimate of drug-likeness (QED) is 0.621. The minimum atomic E-state index is -0.219. The van der Waals surface area contributed by atoms with E-state index < -0.39 is 0 Å². The van der Waals surface area contributed by atoms with E-state index >= 15 is 0 Å². The Morgan fingerprint density at radius 2 is 2.17 bits per heavy atom. The molecule has 1 saturated heterocycles. The third kappa shape index (κ3) is 2.37. The van der Waals surface area contributed by atoms with E-state index in [4.69, 9.17) is 4.74 Å². The van der Waals surface area contributed by atoms with Crippen molar-refractivity contribution in [3.63, 3.8) is 0 Å². The molecule has 1 aromatic heterocycles. The van der Waals surface area contributed by atoms with Gasteiger partial charge in [0.05, 0.1) is 26.7 Å². The number of rotatable bonds is 1. The Hall–Kier alpha value is -2.07. The highest BCUT2D eigenvalue weighted by atomic mass is 16.5. The number of carbonyl (C=O) groups is 1. The van der Waals surface area contributed by atoms with Crippen molar-refractivity contribution < 1.29 is 14.4 Å². The van der Waals surface area contributed by atoms with E-state index in [1.165, 1.54) is 23.6 Å². The molecule has 0 radical (unpaired) electrons. The largest absolute Gasteiger partial charge is 0.468 e. The van der Waals surface area contributed by atoms with Crippen LogP contribution >= 0.6 is 0 Å². The number of nitrogens with one attached hydrogen (secondary N) is 2. The number of carbonyl (C=O) groups excluding carboxylic acids is 1. The molecule has 5 rings (SSSR count). The lowest BCUT2D eigenvalue weighted by Gasteiger charge is -2.33. The molecule has 3 aliphatic heterocycles. The molecule has 24 heavy (non-hydrogen) atoms. The predicted octanol–water partition coefficient (Wildman–Crippen LogP) is 1.83. The number of ether oxygens (including phenoxy) is 1. The Labute approximate surface area is 142 Å². The van der Waals surface area contributed by atoms with Crippen molar-refractivity contribution in [2.75, 3.05) is 26.7 Å². The SMILES string of the molecule is CC=C1C[NH+]2CCc3c([nH]c4ccccc34)[C@H](C(=O)OC)[C@H]1CC2. The van der Waals surface area contributed by atoms with Crippen LogP contribution in [0, 0.1) is 5.92 Å². The van der Waals surface area contributed by atoms with Gasteiger partial charge in [0, 0.05) is 35.4 Å². The van der Waals surface area contributed by atoms with Crippen LogP contribution in [0.15, 0.2) is 35.9 Å². The number of methoxy groups -OCH3 is 1. The molecule has 3 atom stereocenters. The molecule has 0 saturated carbocycles. The van der Waals surface area contributed by atoms with Crippen molar-refractivity contribution in [3.8, 4) is 0 Å². The number of aromatic nitrogens is 1. The van der Waals surface area contributed by atoms with Gasteiger partial charge in [0.2, 0.25) is 0 Å². The fourth-order valence-electron chi connectivity index (χ4n) is 4.63. The van der Waals surface area contributed by atoms with Gasteiger partial charge in [-0.3, -0.25) is 4.79 Å². The van der Waals surface area contributed by atoms with Crippen LogP contribution in [0.4, 0.5) is 0 Å². The Kier molecular flexibility index (Phi) is 3.93. The number of hydrogen-bond acceptors (Lipinski definition) is 2. The molecular formula is C20H25N2O2+. The lowest BCUT2D eigenvalue weighted by molar-refractivity contribution is -0.899. The summed E-state index contributed by atoms with van der Waals surface area (Å²) in [4.78, 5) is 17.9. The van der Waals surface area contributed by atoms with Gasteiger partial charge in [0.25, 0.3) is 0 Å². The van der Waals surface area contributed by atoms with Gasteiger partial charge < -0.3 is 14.6 Å². The van der Waals surface area contributed by atoms with Gasteiger partial charge >= 0.3 is 5.97 Å². The number of hydrogen-bond donors (Lipinski definition) is 2.